The van der Waals surface area contributed by atoms with E-state index < -0.39 is 48.2 Å². The van der Waals surface area contributed by atoms with E-state index in [0.717, 1.165) is 0 Å². The maximum absolute atomic E-state index is 13.8. The van der Waals surface area contributed by atoms with E-state index in [0.29, 0.717) is 0 Å². The maximum Gasteiger partial charge on any atom is 0.353 e. The molecular weight excluding hydrogens is 327 g/mol. The zero-order valence-electron chi connectivity index (χ0n) is 10.1. The lowest BCUT2D eigenvalue weighted by Crippen LogP contribution is -2.87. The Balaban J connectivity index is 3.87. The molecule has 0 aromatic heterocycles. The minimum Gasteiger partial charge on any atom is -0.393 e. The van der Waals surface area contributed by atoms with Crippen LogP contribution in [0.1, 0.15) is 0 Å². The lowest BCUT2D eigenvalue weighted by atomic mass is 9.66. The van der Waals surface area contributed by atoms with Gasteiger partial charge in [-0.3, -0.25) is 0 Å². The predicted molar refractivity (Wildman–Crippen MR) is 47.5 cm³/mol. The molecule has 2 unspecified atom stereocenters. The van der Waals surface area contributed by atoms with Crippen LogP contribution >= 0.6 is 0 Å². The summed E-state index contributed by atoms with van der Waals surface area (Å²) < 4.78 is 126. The van der Waals surface area contributed by atoms with E-state index in [1.165, 1.54) is 0 Å². The Morgan fingerprint density at radius 2 is 0.952 bits per heavy atom. The van der Waals surface area contributed by atoms with Crippen LogP contribution in [0.5, 0.6) is 0 Å². The van der Waals surface area contributed by atoms with Gasteiger partial charge in [-0.15, -0.1) is 0 Å². The summed E-state index contributed by atoms with van der Waals surface area (Å²) in [5.41, 5.74) is -11.6. The molecule has 0 aromatic rings. The van der Waals surface area contributed by atoms with Crippen molar-refractivity contribution in [2.75, 3.05) is 20.3 Å². The molecule has 1 saturated carbocycles. The standard InChI is InChI=1S/C9H9F9O3/c1-21-9(18)7(14,15)4(10,2-19)6(12,13)5(11,3-20)8(9,16)17/h19-20H,2-3H2,1H3. The van der Waals surface area contributed by atoms with E-state index in [9.17, 15) is 39.5 Å². The lowest BCUT2D eigenvalue weighted by molar-refractivity contribution is -0.486. The predicted octanol–water partition coefficient (Wildman–Crippen LogP) is 1.62. The maximum atomic E-state index is 13.8. The van der Waals surface area contributed by atoms with E-state index in [1.807, 2.05) is 0 Å². The highest BCUT2D eigenvalue weighted by Gasteiger charge is 2.99. The van der Waals surface area contributed by atoms with Crippen molar-refractivity contribution in [1.82, 2.24) is 0 Å². The molecular formula is C9H9F9O3. The molecule has 0 radical (unpaired) electrons. The van der Waals surface area contributed by atoms with Gasteiger partial charge in [-0.25, -0.2) is 8.78 Å². The molecule has 1 aliphatic rings. The molecule has 0 aromatic carbocycles. The number of methoxy groups -OCH3 is 1. The second-order valence-corrected chi connectivity index (χ2v) is 4.44. The van der Waals surface area contributed by atoms with Crippen LogP contribution in [0.15, 0.2) is 0 Å². The number of alkyl halides is 9. The van der Waals surface area contributed by atoms with Gasteiger partial charge in [-0.05, 0) is 0 Å². The first kappa shape index (κ1) is 18.3. The summed E-state index contributed by atoms with van der Waals surface area (Å²) in [7, 11) is -0.166. The number of hydrogen-bond acceptors (Lipinski definition) is 3. The van der Waals surface area contributed by atoms with Gasteiger partial charge in [0, 0.05) is 7.11 Å². The Labute approximate surface area is 111 Å². The van der Waals surface area contributed by atoms with Gasteiger partial charge in [0.05, 0.1) is 13.2 Å². The normalized spacial score (nSPS) is 44.6. The van der Waals surface area contributed by atoms with Crippen molar-refractivity contribution in [2.45, 2.75) is 35.0 Å². The quantitative estimate of drug-likeness (QED) is 0.770. The molecule has 2 N–H and O–H groups in total. The molecule has 0 aliphatic heterocycles. The fourth-order valence-electron chi connectivity index (χ4n) is 2.07. The number of ether oxygens (including phenoxy) is 1. The van der Waals surface area contributed by atoms with Crippen LogP contribution in [0.2, 0.25) is 0 Å². The monoisotopic (exact) mass is 336 g/mol. The van der Waals surface area contributed by atoms with Crippen molar-refractivity contribution in [1.29, 1.82) is 0 Å². The van der Waals surface area contributed by atoms with Gasteiger partial charge in [0.1, 0.15) is 0 Å². The number of halogens is 9. The van der Waals surface area contributed by atoms with Crippen molar-refractivity contribution >= 4 is 0 Å². The highest BCUT2D eigenvalue weighted by Crippen LogP contribution is 2.68. The van der Waals surface area contributed by atoms with Gasteiger partial charge in [-0.2, -0.15) is 30.7 Å². The molecule has 1 rings (SSSR count). The molecule has 1 fully saturated rings. The molecule has 0 heterocycles. The van der Waals surface area contributed by atoms with E-state index in [4.69, 9.17) is 10.2 Å². The lowest BCUT2D eigenvalue weighted by Gasteiger charge is -2.56. The van der Waals surface area contributed by atoms with Gasteiger partial charge >= 0.3 is 23.6 Å². The summed E-state index contributed by atoms with van der Waals surface area (Å²) in [6.07, 6.45) is 0. The second kappa shape index (κ2) is 4.38. The highest BCUT2D eigenvalue weighted by atomic mass is 19.3. The minimum absolute atomic E-state index is 0.166. The second-order valence-electron chi connectivity index (χ2n) is 4.44. The van der Waals surface area contributed by atoms with Crippen LogP contribution in [0.4, 0.5) is 39.5 Å². The zero-order chi connectivity index (χ0) is 17.1. The number of rotatable bonds is 3. The van der Waals surface area contributed by atoms with Crippen LogP contribution in [-0.4, -0.2) is 65.5 Å². The average Bonchev–Trinajstić information content (AvgIpc) is 2.41. The fourth-order valence-corrected chi connectivity index (χ4v) is 2.07. The molecule has 2 atom stereocenters. The Morgan fingerprint density at radius 1 is 0.667 bits per heavy atom. The van der Waals surface area contributed by atoms with Crippen LogP contribution in [0.25, 0.3) is 0 Å². The van der Waals surface area contributed by atoms with Gasteiger partial charge in [0.2, 0.25) is 0 Å². The topological polar surface area (TPSA) is 49.7 Å². The Hall–Kier alpha value is -0.750. The summed E-state index contributed by atoms with van der Waals surface area (Å²) in [5.74, 6) is -24.9. The Morgan fingerprint density at radius 3 is 1.14 bits per heavy atom. The smallest absolute Gasteiger partial charge is 0.353 e. The van der Waals surface area contributed by atoms with E-state index in [1.54, 1.807) is 0 Å². The van der Waals surface area contributed by atoms with E-state index >= 15 is 0 Å². The number of hydrogen-bond donors (Lipinski definition) is 2. The summed E-state index contributed by atoms with van der Waals surface area (Å²) >= 11 is 0. The SMILES string of the molecule is COC1(F)C(F)(F)C(F)(CO)C(F)(F)C(F)(CO)C1(F)F. The third-order valence-corrected chi connectivity index (χ3v) is 3.52. The number of aliphatic hydroxyl groups is 2. The van der Waals surface area contributed by atoms with Gasteiger partial charge < -0.3 is 14.9 Å². The van der Waals surface area contributed by atoms with Crippen LogP contribution in [0.3, 0.4) is 0 Å². The molecule has 0 spiro atoms. The molecule has 3 nitrogen and oxygen atoms in total. The van der Waals surface area contributed by atoms with Crippen molar-refractivity contribution in [3.05, 3.63) is 0 Å². The van der Waals surface area contributed by atoms with E-state index in [-0.39, 0.29) is 7.11 Å². The number of aliphatic hydroxyl groups excluding tert-OH is 2. The molecule has 1 aliphatic carbocycles. The molecule has 0 amide bonds. The summed E-state index contributed by atoms with van der Waals surface area (Å²) in [4.78, 5) is 0. The van der Waals surface area contributed by atoms with Crippen LogP contribution in [0, 0.1) is 0 Å². The van der Waals surface area contributed by atoms with Crippen molar-refractivity contribution in [3.8, 4) is 0 Å². The van der Waals surface area contributed by atoms with Crippen molar-refractivity contribution in [2.24, 2.45) is 0 Å². The van der Waals surface area contributed by atoms with Crippen molar-refractivity contribution in [3.63, 3.8) is 0 Å². The van der Waals surface area contributed by atoms with Crippen molar-refractivity contribution < 1.29 is 54.5 Å². The molecule has 12 heteroatoms. The molecule has 126 valence electrons. The first-order chi connectivity index (χ1) is 9.18. The van der Waals surface area contributed by atoms with Gasteiger partial charge in [-0.1, -0.05) is 0 Å². The molecule has 0 bridgehead atoms. The largest absolute Gasteiger partial charge is 0.393 e. The average molecular weight is 336 g/mol. The zero-order valence-corrected chi connectivity index (χ0v) is 10.1. The fraction of sp³-hybridized carbons (Fsp3) is 1.00. The Kier molecular flexibility index (Phi) is 3.82. The first-order valence-electron chi connectivity index (χ1n) is 5.15. The first-order valence-corrected chi connectivity index (χ1v) is 5.15. The minimum atomic E-state index is -6.35. The molecule has 0 saturated heterocycles. The third-order valence-electron chi connectivity index (χ3n) is 3.52. The van der Waals surface area contributed by atoms with E-state index in [2.05, 4.69) is 4.74 Å². The van der Waals surface area contributed by atoms with Gasteiger partial charge in [0.25, 0.3) is 11.3 Å². The third kappa shape index (κ3) is 1.48. The molecule has 21 heavy (non-hydrogen) atoms. The highest BCUT2D eigenvalue weighted by molar-refractivity contribution is 5.29. The summed E-state index contributed by atoms with van der Waals surface area (Å²) in [6, 6.07) is 0. The van der Waals surface area contributed by atoms with Crippen LogP contribution in [-0.2, 0) is 4.74 Å². The summed E-state index contributed by atoms with van der Waals surface area (Å²) in [5, 5.41) is 16.8. The van der Waals surface area contributed by atoms with Crippen LogP contribution < -0.4 is 0 Å². The Bertz CT molecular complexity index is 345. The summed E-state index contributed by atoms with van der Waals surface area (Å²) in [6.45, 7) is -5.83. The van der Waals surface area contributed by atoms with Gasteiger partial charge in [0.15, 0.2) is 0 Å².